The molecule has 4 saturated heterocycles. The Morgan fingerprint density at radius 1 is 1.05 bits per heavy atom. The number of carbonyl (C=O) groups is 2. The molecule has 6 aliphatic heterocycles. The summed E-state index contributed by atoms with van der Waals surface area (Å²) in [4.78, 5) is 37.2. The minimum atomic E-state index is -1.09. The lowest BCUT2D eigenvalue weighted by Gasteiger charge is -2.48. The number of amides is 1. The van der Waals surface area contributed by atoms with Gasteiger partial charge in [0.05, 0.1) is 55.6 Å². The summed E-state index contributed by atoms with van der Waals surface area (Å²) in [6.07, 6.45) is -0.942. The Bertz CT molecular complexity index is 1660. The van der Waals surface area contributed by atoms with Crippen molar-refractivity contribution in [1.29, 1.82) is 0 Å². The maximum Gasteiger partial charge on any atom is 0.410 e. The lowest BCUT2D eigenvalue weighted by Crippen LogP contribution is -2.60. The number of aliphatic hydroxyl groups is 1. The Labute approximate surface area is 345 Å². The van der Waals surface area contributed by atoms with E-state index >= 15 is 0 Å². The molecule has 7 rings (SSSR count). The summed E-state index contributed by atoms with van der Waals surface area (Å²) in [5, 5.41) is 15.5. The van der Waals surface area contributed by atoms with E-state index in [-0.39, 0.29) is 29.9 Å². The average molecular weight is 811 g/mol. The van der Waals surface area contributed by atoms with E-state index in [4.69, 9.17) is 33.4 Å². The summed E-state index contributed by atoms with van der Waals surface area (Å²) < 4.78 is 40.6. The second-order valence-electron chi connectivity index (χ2n) is 19.1. The number of ether oxygens (including phenoxy) is 6. The zero-order valence-corrected chi connectivity index (χ0v) is 36.5. The molecular formula is C45H70N4O9. The number of rotatable bonds is 6. The van der Waals surface area contributed by atoms with Gasteiger partial charge in [-0.3, -0.25) is 14.7 Å². The number of anilines is 1. The van der Waals surface area contributed by atoms with Crippen LogP contribution in [0.25, 0.3) is 0 Å². The minimum absolute atomic E-state index is 0.0254. The number of aliphatic imine (C=N–C) groups is 1. The summed E-state index contributed by atoms with van der Waals surface area (Å²) in [5.74, 6) is -1.44. The first-order valence-corrected chi connectivity index (χ1v) is 22.0. The lowest BCUT2D eigenvalue weighted by atomic mass is 9.72. The first-order chi connectivity index (χ1) is 27.5. The largest absolute Gasteiger partial charge is 0.458 e. The van der Waals surface area contributed by atoms with Crippen LogP contribution in [-0.2, 0) is 39.6 Å². The van der Waals surface area contributed by atoms with Gasteiger partial charge in [0, 0.05) is 48.3 Å². The number of carbonyl (C=O) groups excluding carboxylic acids is 2. The first kappa shape index (κ1) is 43.3. The minimum Gasteiger partial charge on any atom is -0.458 e. The van der Waals surface area contributed by atoms with Crippen molar-refractivity contribution in [3.63, 3.8) is 0 Å². The zero-order valence-electron chi connectivity index (χ0n) is 36.5. The SMILES string of the molecule is CC[C@H]1OC(=O)[C@H](C)[C@H]2OCC(CC3CNc4ccccc4C3)CO[C@](C)(C[C@@H](C)C3=NCCN4C(=O)O[C@@]1(C)[C@H]4[C@H]3C)[C@H](O[C@H]1O[C@@H](C)C[C@@H](N(C)C)[C@@H]1O)[C@H]2C. The number of hydrogen-bond donors (Lipinski definition) is 2. The van der Waals surface area contributed by atoms with Crippen LogP contribution in [0.15, 0.2) is 29.3 Å². The molecule has 6 heterocycles. The van der Waals surface area contributed by atoms with Crippen molar-refractivity contribution in [3.8, 4) is 0 Å². The van der Waals surface area contributed by atoms with Crippen LogP contribution in [0.4, 0.5) is 10.5 Å². The van der Waals surface area contributed by atoms with Gasteiger partial charge in [0.1, 0.15) is 12.2 Å². The third-order valence-corrected chi connectivity index (χ3v) is 14.5. The molecule has 1 amide bonds. The van der Waals surface area contributed by atoms with Crippen LogP contribution in [0.2, 0.25) is 0 Å². The van der Waals surface area contributed by atoms with E-state index in [0.29, 0.717) is 51.5 Å². The number of cyclic esters (lactones) is 1. The van der Waals surface area contributed by atoms with Gasteiger partial charge in [-0.1, -0.05) is 45.9 Å². The second kappa shape index (κ2) is 17.3. The van der Waals surface area contributed by atoms with E-state index in [1.54, 1.807) is 4.90 Å². The molecule has 58 heavy (non-hydrogen) atoms. The Balaban J connectivity index is 1.30. The molecule has 0 radical (unpaired) electrons. The third-order valence-electron chi connectivity index (χ3n) is 14.5. The van der Waals surface area contributed by atoms with Gasteiger partial charge >= 0.3 is 12.1 Å². The molecular weight excluding hydrogens is 741 g/mol. The summed E-state index contributed by atoms with van der Waals surface area (Å²) in [6.45, 7) is 18.8. The summed E-state index contributed by atoms with van der Waals surface area (Å²) >= 11 is 0. The van der Waals surface area contributed by atoms with E-state index in [2.05, 4.69) is 57.3 Å². The molecule has 4 bridgehead atoms. The molecule has 6 aliphatic rings. The van der Waals surface area contributed by atoms with Crippen molar-refractivity contribution in [3.05, 3.63) is 29.8 Å². The number of fused-ring (bicyclic) bond motifs is 5. The van der Waals surface area contributed by atoms with Gasteiger partial charge in [-0.25, -0.2) is 4.79 Å². The monoisotopic (exact) mass is 811 g/mol. The van der Waals surface area contributed by atoms with Crippen LogP contribution >= 0.6 is 0 Å². The Hall–Kier alpha value is -2.81. The van der Waals surface area contributed by atoms with Crippen LogP contribution in [-0.4, -0.2) is 140 Å². The summed E-state index contributed by atoms with van der Waals surface area (Å²) in [5.41, 5.74) is 1.44. The normalized spacial score (nSPS) is 43.7. The number of para-hydroxylation sites is 1. The highest BCUT2D eigenvalue weighted by molar-refractivity contribution is 5.91. The van der Waals surface area contributed by atoms with Gasteiger partial charge < -0.3 is 43.7 Å². The quantitative estimate of drug-likeness (QED) is 0.349. The number of aliphatic hydroxyl groups excluding tert-OH is 1. The summed E-state index contributed by atoms with van der Waals surface area (Å²) in [7, 11) is 3.94. The Kier molecular flexibility index (Phi) is 12.9. The van der Waals surface area contributed by atoms with Gasteiger partial charge in [0.25, 0.3) is 0 Å². The lowest BCUT2D eigenvalue weighted by molar-refractivity contribution is -0.302. The highest BCUT2D eigenvalue weighted by Crippen LogP contribution is 2.45. The van der Waals surface area contributed by atoms with Gasteiger partial charge in [0.2, 0.25) is 0 Å². The number of likely N-dealkylation sites (N-methyl/N-ethyl adjacent to an activating group) is 1. The van der Waals surface area contributed by atoms with Crippen molar-refractivity contribution < 1.29 is 43.1 Å². The molecule has 13 heteroatoms. The van der Waals surface area contributed by atoms with E-state index in [1.807, 2.05) is 46.7 Å². The number of nitrogens with one attached hydrogen (secondary N) is 1. The van der Waals surface area contributed by atoms with Crippen molar-refractivity contribution >= 4 is 23.5 Å². The first-order valence-electron chi connectivity index (χ1n) is 22.0. The topological polar surface area (TPSA) is 141 Å². The number of nitrogens with zero attached hydrogens (tertiary/aromatic N) is 3. The highest BCUT2D eigenvalue weighted by Gasteiger charge is 2.60. The molecule has 2 N–H and O–H groups in total. The second-order valence-corrected chi connectivity index (χ2v) is 19.1. The van der Waals surface area contributed by atoms with Crippen LogP contribution in [0.1, 0.15) is 86.6 Å². The molecule has 0 saturated carbocycles. The fourth-order valence-corrected chi connectivity index (χ4v) is 11.6. The fraction of sp³-hybridized carbons (Fsp3) is 0.800. The molecule has 0 aliphatic carbocycles. The Morgan fingerprint density at radius 3 is 2.55 bits per heavy atom. The zero-order chi connectivity index (χ0) is 41.7. The molecule has 0 spiro atoms. The average Bonchev–Trinajstić information content (AvgIpc) is 3.33. The maximum absolute atomic E-state index is 14.6. The molecule has 324 valence electrons. The third kappa shape index (κ3) is 8.29. The number of hydrogen-bond acceptors (Lipinski definition) is 12. The van der Waals surface area contributed by atoms with Crippen molar-refractivity contribution in [1.82, 2.24) is 9.80 Å². The van der Waals surface area contributed by atoms with Gasteiger partial charge in [-0.05, 0) is 97.4 Å². The fourth-order valence-electron chi connectivity index (χ4n) is 11.6. The molecule has 16 atom stereocenters. The van der Waals surface area contributed by atoms with Gasteiger partial charge in [-0.2, -0.15) is 0 Å². The standard InChI is InChI=1S/C45H70N4O9/c1-11-35-45(8)39-27(4)36(46-16-17-49(39)43(52)58-45)25(2)21-44(7)40(57-42-37(50)34(48(9)10)18-26(3)55-42)28(5)38(29(6)41(51)56-35)53-23-31(24-54-44)19-30-20-32-14-12-13-15-33(32)47-22-30/h12-15,25-31,34-35,37-40,42,47,50H,11,16-24H2,1-10H3/t25-,26+,27+,28+,29-,30?,31?,34-,35-,37+,38+,39-,40-,42-,44-,45-/m1/s1. The maximum atomic E-state index is 14.6. The van der Waals surface area contributed by atoms with Gasteiger partial charge in [0.15, 0.2) is 11.9 Å². The van der Waals surface area contributed by atoms with Gasteiger partial charge in [-0.15, -0.1) is 0 Å². The Morgan fingerprint density at radius 2 is 1.81 bits per heavy atom. The smallest absolute Gasteiger partial charge is 0.410 e. The molecule has 1 aromatic carbocycles. The van der Waals surface area contributed by atoms with E-state index in [1.165, 1.54) is 11.3 Å². The van der Waals surface area contributed by atoms with Crippen LogP contribution in [0.3, 0.4) is 0 Å². The number of benzene rings is 1. The van der Waals surface area contributed by atoms with Crippen LogP contribution < -0.4 is 5.32 Å². The summed E-state index contributed by atoms with van der Waals surface area (Å²) in [6, 6.07) is 7.93. The number of esters is 1. The van der Waals surface area contributed by atoms with E-state index in [0.717, 1.165) is 25.1 Å². The molecule has 4 fully saturated rings. The van der Waals surface area contributed by atoms with Crippen molar-refractivity contribution in [2.45, 2.75) is 148 Å². The van der Waals surface area contributed by atoms with E-state index in [9.17, 15) is 14.7 Å². The van der Waals surface area contributed by atoms with Crippen molar-refractivity contribution in [2.75, 3.05) is 52.3 Å². The predicted octanol–water partition coefficient (Wildman–Crippen LogP) is 5.57. The molecule has 0 aromatic heterocycles. The van der Waals surface area contributed by atoms with Crippen LogP contribution in [0, 0.1) is 35.5 Å². The van der Waals surface area contributed by atoms with Crippen LogP contribution in [0.5, 0.6) is 0 Å². The molecule has 2 unspecified atom stereocenters. The molecule has 1 aromatic rings. The highest BCUT2D eigenvalue weighted by atomic mass is 16.7. The van der Waals surface area contributed by atoms with Crippen molar-refractivity contribution in [2.24, 2.45) is 40.5 Å². The molecule has 13 nitrogen and oxygen atoms in total. The predicted molar refractivity (Wildman–Crippen MR) is 221 cm³/mol. The van der Waals surface area contributed by atoms with E-state index < -0.39 is 71.8 Å².